The largest absolute Gasteiger partial charge is 0.322 e. The first-order chi connectivity index (χ1) is 10.0. The molecule has 0 radical (unpaired) electrons. The lowest BCUT2D eigenvalue weighted by molar-refractivity contribution is -0.384. The Balaban J connectivity index is 2.25. The lowest BCUT2D eigenvalue weighted by Gasteiger charge is -2.06. The molecule has 0 atom stereocenters. The number of nitro groups is 1. The third-order valence-electron chi connectivity index (χ3n) is 2.65. The van der Waals surface area contributed by atoms with Gasteiger partial charge in [-0.3, -0.25) is 14.9 Å². The Morgan fingerprint density at radius 1 is 1.29 bits per heavy atom. The minimum Gasteiger partial charge on any atom is -0.322 e. The molecular weight excluding hydrogens is 294 g/mol. The Labute approximate surface area is 124 Å². The van der Waals surface area contributed by atoms with Crippen LogP contribution in [-0.4, -0.2) is 10.8 Å². The van der Waals surface area contributed by atoms with Crippen LogP contribution in [0.4, 0.5) is 11.4 Å². The molecule has 1 amide bonds. The molecule has 0 aliphatic heterocycles. The Kier molecular flexibility index (Phi) is 4.16. The van der Waals surface area contributed by atoms with Gasteiger partial charge in [-0.15, -0.1) is 0 Å². The summed E-state index contributed by atoms with van der Waals surface area (Å²) < 4.78 is 0. The molecule has 104 valence electrons. The van der Waals surface area contributed by atoms with Crippen LogP contribution in [0, 0.1) is 21.4 Å². The molecule has 0 aromatic heterocycles. The van der Waals surface area contributed by atoms with Crippen LogP contribution < -0.4 is 5.32 Å². The van der Waals surface area contributed by atoms with Crippen LogP contribution in [0.5, 0.6) is 0 Å². The zero-order valence-corrected chi connectivity index (χ0v) is 11.3. The van der Waals surface area contributed by atoms with E-state index in [9.17, 15) is 14.9 Å². The fourth-order valence-electron chi connectivity index (χ4n) is 1.66. The Morgan fingerprint density at radius 3 is 2.71 bits per heavy atom. The van der Waals surface area contributed by atoms with E-state index >= 15 is 0 Å². The van der Waals surface area contributed by atoms with E-state index in [1.54, 1.807) is 18.2 Å². The van der Waals surface area contributed by atoms with Gasteiger partial charge in [0, 0.05) is 17.3 Å². The van der Waals surface area contributed by atoms with E-state index in [1.807, 2.05) is 6.07 Å². The summed E-state index contributed by atoms with van der Waals surface area (Å²) >= 11 is 5.69. The van der Waals surface area contributed by atoms with Crippen molar-refractivity contribution in [1.29, 1.82) is 5.26 Å². The number of nitro benzene ring substituents is 1. The Hall–Kier alpha value is -2.91. The number of carbonyl (C=O) groups excluding carboxylic acids is 1. The van der Waals surface area contributed by atoms with Crippen LogP contribution in [-0.2, 0) is 0 Å². The first-order valence-electron chi connectivity index (χ1n) is 5.76. The zero-order valence-electron chi connectivity index (χ0n) is 10.5. The monoisotopic (exact) mass is 301 g/mol. The van der Waals surface area contributed by atoms with Gasteiger partial charge in [-0.2, -0.15) is 5.26 Å². The van der Waals surface area contributed by atoms with Crippen LogP contribution in [0.2, 0.25) is 5.02 Å². The van der Waals surface area contributed by atoms with Gasteiger partial charge in [0.2, 0.25) is 0 Å². The molecule has 7 heteroatoms. The number of benzene rings is 2. The van der Waals surface area contributed by atoms with E-state index < -0.39 is 10.8 Å². The van der Waals surface area contributed by atoms with Crippen molar-refractivity contribution < 1.29 is 9.72 Å². The van der Waals surface area contributed by atoms with Crippen molar-refractivity contribution in [3.8, 4) is 6.07 Å². The average Bonchev–Trinajstić information content (AvgIpc) is 2.49. The molecule has 0 spiro atoms. The quantitative estimate of drug-likeness (QED) is 0.694. The van der Waals surface area contributed by atoms with E-state index in [1.165, 1.54) is 24.3 Å². The highest BCUT2D eigenvalue weighted by atomic mass is 35.5. The summed E-state index contributed by atoms with van der Waals surface area (Å²) in [6.45, 7) is 0. The molecule has 0 aliphatic carbocycles. The lowest BCUT2D eigenvalue weighted by atomic mass is 10.1. The lowest BCUT2D eigenvalue weighted by Crippen LogP contribution is -2.12. The summed E-state index contributed by atoms with van der Waals surface area (Å²) in [6.07, 6.45) is 0. The number of halogens is 1. The highest BCUT2D eigenvalue weighted by Crippen LogP contribution is 2.27. The summed E-state index contributed by atoms with van der Waals surface area (Å²) in [6, 6.07) is 12.0. The highest BCUT2D eigenvalue weighted by Gasteiger charge is 2.14. The van der Waals surface area contributed by atoms with Crippen LogP contribution >= 0.6 is 11.6 Å². The van der Waals surface area contributed by atoms with Gasteiger partial charge in [0.05, 0.1) is 16.6 Å². The van der Waals surface area contributed by atoms with Gasteiger partial charge in [-0.25, -0.2) is 0 Å². The predicted octanol–water partition coefficient (Wildman–Crippen LogP) is 3.37. The van der Waals surface area contributed by atoms with Gasteiger partial charge < -0.3 is 5.32 Å². The number of nitrogens with one attached hydrogen (secondary N) is 1. The van der Waals surface area contributed by atoms with Gasteiger partial charge in [0.25, 0.3) is 11.6 Å². The molecule has 0 fully saturated rings. The number of nitrogens with zero attached hydrogens (tertiary/aromatic N) is 2. The summed E-state index contributed by atoms with van der Waals surface area (Å²) in [7, 11) is 0. The maximum Gasteiger partial charge on any atom is 0.289 e. The summed E-state index contributed by atoms with van der Waals surface area (Å²) in [5.74, 6) is -0.469. The maximum absolute atomic E-state index is 12.0. The number of nitriles is 1. The molecule has 0 aliphatic rings. The number of hydrogen-bond acceptors (Lipinski definition) is 4. The number of rotatable bonds is 3. The molecule has 2 aromatic carbocycles. The summed E-state index contributed by atoms with van der Waals surface area (Å²) in [5, 5.41) is 22.1. The maximum atomic E-state index is 12.0. The first kappa shape index (κ1) is 14.5. The van der Waals surface area contributed by atoms with E-state index in [0.717, 1.165) is 0 Å². The Morgan fingerprint density at radius 2 is 2.05 bits per heavy atom. The SMILES string of the molecule is N#Cc1cccc(C(=O)Nc2ccc(Cl)c([N+](=O)[O-])c2)c1. The molecule has 21 heavy (non-hydrogen) atoms. The molecule has 6 nitrogen and oxygen atoms in total. The van der Waals surface area contributed by atoms with E-state index in [2.05, 4.69) is 5.32 Å². The van der Waals surface area contributed by atoms with Crippen molar-refractivity contribution in [2.45, 2.75) is 0 Å². The second-order valence-electron chi connectivity index (χ2n) is 4.07. The van der Waals surface area contributed by atoms with Gasteiger partial charge >= 0.3 is 0 Å². The molecule has 2 rings (SSSR count). The zero-order chi connectivity index (χ0) is 15.4. The molecule has 0 unspecified atom stereocenters. The molecule has 1 N–H and O–H groups in total. The summed E-state index contributed by atoms with van der Waals surface area (Å²) in [4.78, 5) is 22.2. The number of hydrogen-bond donors (Lipinski definition) is 1. The smallest absolute Gasteiger partial charge is 0.289 e. The number of carbonyl (C=O) groups is 1. The second kappa shape index (κ2) is 6.03. The number of amides is 1. The van der Waals surface area contributed by atoms with Crippen molar-refractivity contribution in [2.24, 2.45) is 0 Å². The minimum absolute atomic E-state index is 0.00974. The van der Waals surface area contributed by atoms with Crippen LogP contribution in [0.15, 0.2) is 42.5 Å². The highest BCUT2D eigenvalue weighted by molar-refractivity contribution is 6.32. The fraction of sp³-hybridized carbons (Fsp3) is 0. The van der Waals surface area contributed by atoms with Gasteiger partial charge in [0.15, 0.2) is 0 Å². The van der Waals surface area contributed by atoms with E-state index in [-0.39, 0.29) is 22.0 Å². The molecule has 0 heterocycles. The number of anilines is 1. The topological polar surface area (TPSA) is 96.0 Å². The van der Waals surface area contributed by atoms with Crippen molar-refractivity contribution >= 4 is 28.9 Å². The van der Waals surface area contributed by atoms with Gasteiger partial charge in [0.1, 0.15) is 5.02 Å². The second-order valence-corrected chi connectivity index (χ2v) is 4.48. The Bertz CT molecular complexity index is 768. The van der Waals surface area contributed by atoms with Crippen molar-refractivity contribution in [1.82, 2.24) is 0 Å². The molecular formula is C14H8ClN3O3. The van der Waals surface area contributed by atoms with Crippen LogP contribution in [0.3, 0.4) is 0 Å². The third kappa shape index (κ3) is 3.35. The predicted molar refractivity (Wildman–Crippen MR) is 77.2 cm³/mol. The van der Waals surface area contributed by atoms with Crippen molar-refractivity contribution in [3.05, 3.63) is 68.7 Å². The van der Waals surface area contributed by atoms with E-state index in [4.69, 9.17) is 16.9 Å². The van der Waals surface area contributed by atoms with Gasteiger partial charge in [-0.1, -0.05) is 17.7 Å². The molecule has 2 aromatic rings. The fourth-order valence-corrected chi connectivity index (χ4v) is 1.85. The standard InChI is InChI=1S/C14H8ClN3O3/c15-12-5-4-11(7-13(12)18(20)21)17-14(19)10-3-1-2-9(6-10)8-16/h1-7H,(H,17,19). The first-order valence-corrected chi connectivity index (χ1v) is 6.14. The minimum atomic E-state index is -0.631. The molecule has 0 saturated carbocycles. The summed E-state index contributed by atoms with van der Waals surface area (Å²) in [5.41, 5.74) is 0.593. The normalized spacial score (nSPS) is 9.71. The average molecular weight is 302 g/mol. The van der Waals surface area contributed by atoms with Crippen LogP contribution in [0.1, 0.15) is 15.9 Å². The van der Waals surface area contributed by atoms with Crippen LogP contribution in [0.25, 0.3) is 0 Å². The van der Waals surface area contributed by atoms with Crippen molar-refractivity contribution in [2.75, 3.05) is 5.32 Å². The van der Waals surface area contributed by atoms with Crippen molar-refractivity contribution in [3.63, 3.8) is 0 Å². The third-order valence-corrected chi connectivity index (χ3v) is 2.97. The van der Waals surface area contributed by atoms with E-state index in [0.29, 0.717) is 5.56 Å². The van der Waals surface area contributed by atoms with Gasteiger partial charge in [-0.05, 0) is 30.3 Å². The molecule has 0 saturated heterocycles. The molecule has 0 bridgehead atoms.